The van der Waals surface area contributed by atoms with E-state index in [9.17, 15) is 4.79 Å². The van der Waals surface area contributed by atoms with E-state index >= 15 is 0 Å². The molecule has 2 heterocycles. The Kier molecular flexibility index (Phi) is 6.36. The zero-order chi connectivity index (χ0) is 14.9. The Labute approximate surface area is 124 Å². The molecule has 0 atom stereocenters. The number of carbonyl (C=O) groups is 1. The Balaban J connectivity index is 1.65. The lowest BCUT2D eigenvalue weighted by atomic mass is 10.1. The molecule has 1 fully saturated rings. The lowest BCUT2D eigenvalue weighted by Crippen LogP contribution is -2.32. The number of carbonyl (C=O) groups excluding carboxylic acids is 1. The molecular weight excluding hydrogens is 272 g/mol. The fourth-order valence-corrected chi connectivity index (χ4v) is 2.15. The number of hydrogen-bond acceptors (Lipinski definition) is 7. The highest BCUT2D eigenvalue weighted by Crippen LogP contribution is 2.08. The minimum atomic E-state index is -0.534. The normalized spacial score (nSPS) is 15.7. The Bertz CT molecular complexity index is 450. The van der Waals surface area contributed by atoms with Crippen LogP contribution in [-0.2, 0) is 9.47 Å². The molecule has 0 aliphatic carbocycles. The number of methoxy groups -OCH3 is 1. The van der Waals surface area contributed by atoms with Crippen molar-refractivity contribution in [2.75, 3.05) is 38.7 Å². The van der Waals surface area contributed by atoms with Crippen LogP contribution >= 0.6 is 0 Å². The summed E-state index contributed by atoms with van der Waals surface area (Å²) in [5, 5.41) is 6.46. The average Bonchev–Trinajstić information content (AvgIpc) is 2.55. The van der Waals surface area contributed by atoms with Gasteiger partial charge >= 0.3 is 5.97 Å². The van der Waals surface area contributed by atoms with E-state index in [4.69, 9.17) is 4.74 Å². The number of ether oxygens (including phenoxy) is 2. The Morgan fingerprint density at radius 1 is 1.48 bits per heavy atom. The van der Waals surface area contributed by atoms with E-state index in [1.165, 1.54) is 13.3 Å². The molecule has 7 nitrogen and oxygen atoms in total. The van der Waals surface area contributed by atoms with Crippen molar-refractivity contribution < 1.29 is 14.3 Å². The third-order valence-corrected chi connectivity index (χ3v) is 3.29. The van der Waals surface area contributed by atoms with Gasteiger partial charge in [-0.3, -0.25) is 0 Å². The summed E-state index contributed by atoms with van der Waals surface area (Å²) in [6, 6.07) is 1.72. The van der Waals surface area contributed by atoms with Gasteiger partial charge < -0.3 is 20.1 Å². The van der Waals surface area contributed by atoms with Gasteiger partial charge in [0.1, 0.15) is 5.82 Å². The first-order valence-corrected chi connectivity index (χ1v) is 7.27. The minimum Gasteiger partial charge on any atom is -0.463 e. The first kappa shape index (κ1) is 15.7. The van der Waals surface area contributed by atoms with Crippen LogP contribution in [0.3, 0.4) is 0 Å². The molecule has 0 bridgehead atoms. The van der Waals surface area contributed by atoms with Crippen molar-refractivity contribution in [2.45, 2.75) is 25.4 Å². The summed E-state index contributed by atoms with van der Waals surface area (Å²) in [5.41, 5.74) is 0. The first-order valence-electron chi connectivity index (χ1n) is 7.27. The molecule has 116 valence electrons. The maximum atomic E-state index is 11.3. The van der Waals surface area contributed by atoms with Gasteiger partial charge in [-0.15, -0.1) is 0 Å². The molecule has 2 N–H and O–H groups in total. The third-order valence-electron chi connectivity index (χ3n) is 3.29. The number of esters is 1. The molecule has 1 aliphatic rings. The Hall–Kier alpha value is -1.73. The first-order chi connectivity index (χ1) is 10.3. The van der Waals surface area contributed by atoms with E-state index in [0.29, 0.717) is 11.9 Å². The predicted octanol–water partition coefficient (Wildman–Crippen LogP) is 0.834. The van der Waals surface area contributed by atoms with Gasteiger partial charge in [0.05, 0.1) is 13.2 Å². The smallest absolute Gasteiger partial charge is 0.376 e. The summed E-state index contributed by atoms with van der Waals surface area (Å²) < 4.78 is 10.4. The van der Waals surface area contributed by atoms with Crippen molar-refractivity contribution in [1.29, 1.82) is 0 Å². The fourth-order valence-electron chi connectivity index (χ4n) is 2.15. The number of nitrogens with zero attached hydrogens (tertiary/aromatic N) is 2. The van der Waals surface area contributed by atoms with Gasteiger partial charge in [0.25, 0.3) is 0 Å². The molecule has 7 heteroatoms. The summed E-state index contributed by atoms with van der Waals surface area (Å²) in [6.45, 7) is 3.55. The van der Waals surface area contributed by atoms with E-state index in [2.05, 4.69) is 25.3 Å². The number of piperidine rings is 1. The SMILES string of the molecule is COC(=O)c1nccc(NCCCOC2CCNCC2)n1. The molecule has 0 amide bonds. The molecule has 21 heavy (non-hydrogen) atoms. The second-order valence-corrected chi connectivity index (χ2v) is 4.86. The molecule has 0 saturated carbocycles. The van der Waals surface area contributed by atoms with Crippen LogP contribution in [0.4, 0.5) is 5.82 Å². The van der Waals surface area contributed by atoms with E-state index in [1.54, 1.807) is 6.07 Å². The molecule has 0 aromatic carbocycles. The van der Waals surface area contributed by atoms with Gasteiger partial charge in [-0.25, -0.2) is 14.8 Å². The van der Waals surface area contributed by atoms with Crippen LogP contribution in [0.2, 0.25) is 0 Å². The number of nitrogens with one attached hydrogen (secondary N) is 2. The van der Waals surface area contributed by atoms with Crippen molar-refractivity contribution in [3.8, 4) is 0 Å². The lowest BCUT2D eigenvalue weighted by Gasteiger charge is -2.22. The van der Waals surface area contributed by atoms with E-state index in [0.717, 1.165) is 45.5 Å². The standard InChI is InChI=1S/C14H22N4O3/c1-20-14(19)13-17-9-5-12(18-13)16-6-2-10-21-11-3-7-15-8-4-11/h5,9,11,15H,2-4,6-8,10H2,1H3,(H,16,17,18). The molecule has 2 rings (SSSR count). The highest BCUT2D eigenvalue weighted by Gasteiger charge is 2.12. The van der Waals surface area contributed by atoms with Crippen LogP contribution in [0.5, 0.6) is 0 Å². The maximum absolute atomic E-state index is 11.3. The van der Waals surface area contributed by atoms with Crippen molar-refractivity contribution in [1.82, 2.24) is 15.3 Å². The number of anilines is 1. The van der Waals surface area contributed by atoms with Gasteiger partial charge in [-0.2, -0.15) is 0 Å². The molecule has 0 radical (unpaired) electrons. The Morgan fingerprint density at radius 2 is 2.29 bits per heavy atom. The monoisotopic (exact) mass is 294 g/mol. The quantitative estimate of drug-likeness (QED) is 0.569. The maximum Gasteiger partial charge on any atom is 0.376 e. The van der Waals surface area contributed by atoms with Crippen molar-refractivity contribution >= 4 is 11.8 Å². The molecule has 1 saturated heterocycles. The summed E-state index contributed by atoms with van der Waals surface area (Å²) in [5.74, 6) is 0.147. The van der Waals surface area contributed by atoms with E-state index < -0.39 is 5.97 Å². The van der Waals surface area contributed by atoms with Gasteiger partial charge in [0.2, 0.25) is 5.82 Å². The van der Waals surface area contributed by atoms with E-state index in [-0.39, 0.29) is 5.82 Å². The molecule has 0 spiro atoms. The highest BCUT2D eigenvalue weighted by atomic mass is 16.5. The summed E-state index contributed by atoms with van der Waals surface area (Å²) in [6.07, 6.45) is 4.98. The number of rotatable bonds is 7. The second kappa shape index (κ2) is 8.53. The van der Waals surface area contributed by atoms with E-state index in [1.807, 2.05) is 0 Å². The van der Waals surface area contributed by atoms with Crippen molar-refractivity contribution in [3.05, 3.63) is 18.1 Å². The van der Waals surface area contributed by atoms with Crippen LogP contribution in [0.25, 0.3) is 0 Å². The molecule has 1 aromatic rings. The zero-order valence-electron chi connectivity index (χ0n) is 12.3. The second-order valence-electron chi connectivity index (χ2n) is 4.86. The summed E-state index contributed by atoms with van der Waals surface area (Å²) in [7, 11) is 1.31. The van der Waals surface area contributed by atoms with Crippen LogP contribution in [0, 0.1) is 0 Å². The fraction of sp³-hybridized carbons (Fsp3) is 0.643. The minimum absolute atomic E-state index is 0.0634. The van der Waals surface area contributed by atoms with Crippen molar-refractivity contribution in [3.63, 3.8) is 0 Å². The van der Waals surface area contributed by atoms with Gasteiger partial charge in [-0.1, -0.05) is 0 Å². The van der Waals surface area contributed by atoms with Gasteiger partial charge in [0.15, 0.2) is 0 Å². The molecular formula is C14H22N4O3. The van der Waals surface area contributed by atoms with Gasteiger partial charge in [-0.05, 0) is 38.4 Å². The number of aromatic nitrogens is 2. The highest BCUT2D eigenvalue weighted by molar-refractivity contribution is 5.85. The molecule has 1 aromatic heterocycles. The van der Waals surface area contributed by atoms with Crippen molar-refractivity contribution in [2.24, 2.45) is 0 Å². The molecule has 1 aliphatic heterocycles. The van der Waals surface area contributed by atoms with Crippen LogP contribution < -0.4 is 10.6 Å². The van der Waals surface area contributed by atoms with Crippen LogP contribution in [0.15, 0.2) is 12.3 Å². The average molecular weight is 294 g/mol. The third kappa shape index (κ3) is 5.28. The molecule has 0 unspecified atom stereocenters. The van der Waals surface area contributed by atoms with Crippen LogP contribution in [-0.4, -0.2) is 55.4 Å². The summed E-state index contributed by atoms with van der Waals surface area (Å²) >= 11 is 0. The lowest BCUT2D eigenvalue weighted by molar-refractivity contribution is 0.0329. The Morgan fingerprint density at radius 3 is 3.05 bits per heavy atom. The summed E-state index contributed by atoms with van der Waals surface area (Å²) in [4.78, 5) is 19.3. The predicted molar refractivity (Wildman–Crippen MR) is 78.3 cm³/mol. The van der Waals surface area contributed by atoms with Crippen LogP contribution in [0.1, 0.15) is 29.9 Å². The number of hydrogen-bond donors (Lipinski definition) is 2. The topological polar surface area (TPSA) is 85.4 Å². The van der Waals surface area contributed by atoms with Gasteiger partial charge in [0, 0.05) is 19.3 Å². The zero-order valence-corrected chi connectivity index (χ0v) is 12.3. The largest absolute Gasteiger partial charge is 0.463 e.